The monoisotopic (exact) mass is 445 g/mol. The van der Waals surface area contributed by atoms with Crippen LogP contribution in [0, 0.1) is 0 Å². The minimum Gasteiger partial charge on any atom is -0.379 e. The van der Waals surface area contributed by atoms with Gasteiger partial charge in [0.1, 0.15) is 0 Å². The third-order valence-electron chi connectivity index (χ3n) is 4.57. The van der Waals surface area contributed by atoms with Crippen LogP contribution < -0.4 is 10.6 Å². The molecular formula is C21H24BrN3O3. The number of benzene rings is 2. The Bertz CT molecular complexity index is 805. The summed E-state index contributed by atoms with van der Waals surface area (Å²) in [5.74, 6) is -0.218. The number of ether oxygens (including phenoxy) is 1. The largest absolute Gasteiger partial charge is 0.379 e. The molecule has 2 aromatic rings. The molecule has 0 radical (unpaired) electrons. The highest BCUT2D eigenvalue weighted by Crippen LogP contribution is 2.12. The summed E-state index contributed by atoms with van der Waals surface area (Å²) in [7, 11) is 0. The number of morpholine rings is 1. The zero-order valence-corrected chi connectivity index (χ0v) is 17.2. The van der Waals surface area contributed by atoms with E-state index in [-0.39, 0.29) is 11.8 Å². The van der Waals surface area contributed by atoms with Crippen molar-refractivity contribution in [3.63, 3.8) is 0 Å². The summed E-state index contributed by atoms with van der Waals surface area (Å²) >= 11 is 3.36. The highest BCUT2D eigenvalue weighted by molar-refractivity contribution is 9.10. The minimum atomic E-state index is -0.133. The molecule has 0 saturated carbocycles. The van der Waals surface area contributed by atoms with Crippen molar-refractivity contribution in [3.05, 3.63) is 69.7 Å². The van der Waals surface area contributed by atoms with E-state index in [1.807, 2.05) is 24.3 Å². The van der Waals surface area contributed by atoms with Crippen LogP contribution in [-0.4, -0.2) is 56.1 Å². The Hall–Kier alpha value is -2.22. The van der Waals surface area contributed by atoms with Gasteiger partial charge in [-0.3, -0.25) is 14.5 Å². The van der Waals surface area contributed by atoms with Gasteiger partial charge in [-0.2, -0.15) is 0 Å². The van der Waals surface area contributed by atoms with E-state index < -0.39 is 0 Å². The molecule has 3 rings (SSSR count). The molecule has 0 spiro atoms. The topological polar surface area (TPSA) is 70.7 Å². The van der Waals surface area contributed by atoms with E-state index in [1.165, 1.54) is 0 Å². The summed E-state index contributed by atoms with van der Waals surface area (Å²) in [5.41, 5.74) is 2.16. The molecule has 148 valence electrons. The smallest absolute Gasteiger partial charge is 0.251 e. The van der Waals surface area contributed by atoms with Gasteiger partial charge in [-0.25, -0.2) is 0 Å². The first kappa shape index (κ1) is 20.5. The van der Waals surface area contributed by atoms with Crippen LogP contribution in [0.4, 0.5) is 0 Å². The molecule has 1 aliphatic heterocycles. The van der Waals surface area contributed by atoms with Gasteiger partial charge in [-0.05, 0) is 35.9 Å². The van der Waals surface area contributed by atoms with Gasteiger partial charge >= 0.3 is 0 Å². The minimum absolute atomic E-state index is 0.0852. The molecule has 1 heterocycles. The van der Waals surface area contributed by atoms with E-state index in [0.717, 1.165) is 42.9 Å². The van der Waals surface area contributed by atoms with Crippen molar-refractivity contribution in [1.82, 2.24) is 15.5 Å². The molecule has 28 heavy (non-hydrogen) atoms. The average molecular weight is 446 g/mol. The average Bonchev–Trinajstić information content (AvgIpc) is 2.73. The number of nitrogens with one attached hydrogen (secondary N) is 2. The predicted octanol–water partition coefficient (Wildman–Crippen LogP) is 2.44. The number of amides is 2. The molecule has 0 atom stereocenters. The van der Waals surface area contributed by atoms with Crippen molar-refractivity contribution in [3.8, 4) is 0 Å². The van der Waals surface area contributed by atoms with Crippen LogP contribution in [-0.2, 0) is 11.3 Å². The summed E-state index contributed by atoms with van der Waals surface area (Å²) in [4.78, 5) is 26.7. The summed E-state index contributed by atoms with van der Waals surface area (Å²) in [6, 6.07) is 14.5. The van der Waals surface area contributed by atoms with E-state index in [1.54, 1.807) is 24.3 Å². The molecule has 2 amide bonds. The van der Waals surface area contributed by atoms with E-state index in [2.05, 4.69) is 31.5 Å². The van der Waals surface area contributed by atoms with Gasteiger partial charge in [0.2, 0.25) is 0 Å². The summed E-state index contributed by atoms with van der Waals surface area (Å²) in [5, 5.41) is 5.83. The first-order valence-electron chi connectivity index (χ1n) is 9.33. The SMILES string of the molecule is O=C(NCCN1CCOCC1)c1ccc(CNC(=O)c2cccc(Br)c2)cc1. The van der Waals surface area contributed by atoms with Crippen LogP contribution in [0.3, 0.4) is 0 Å². The molecular weight excluding hydrogens is 422 g/mol. The Kier molecular flexibility index (Phi) is 7.59. The van der Waals surface area contributed by atoms with Crippen LogP contribution in [0.25, 0.3) is 0 Å². The number of carbonyl (C=O) groups is 2. The maximum atomic E-state index is 12.3. The van der Waals surface area contributed by atoms with E-state index in [0.29, 0.717) is 24.2 Å². The quantitative estimate of drug-likeness (QED) is 0.686. The van der Waals surface area contributed by atoms with Gasteiger partial charge in [0.15, 0.2) is 0 Å². The van der Waals surface area contributed by atoms with Crippen LogP contribution in [0.5, 0.6) is 0 Å². The molecule has 1 aliphatic rings. The number of hydrogen-bond acceptors (Lipinski definition) is 4. The Morgan fingerprint density at radius 1 is 0.964 bits per heavy atom. The number of hydrogen-bond donors (Lipinski definition) is 2. The van der Waals surface area contributed by atoms with Gasteiger partial charge in [0.25, 0.3) is 11.8 Å². The lowest BCUT2D eigenvalue weighted by molar-refractivity contribution is 0.0383. The lowest BCUT2D eigenvalue weighted by atomic mass is 10.1. The zero-order chi connectivity index (χ0) is 19.8. The fourth-order valence-corrected chi connectivity index (χ4v) is 3.34. The van der Waals surface area contributed by atoms with Gasteiger partial charge in [-0.15, -0.1) is 0 Å². The molecule has 1 saturated heterocycles. The predicted molar refractivity (Wildman–Crippen MR) is 111 cm³/mol. The maximum absolute atomic E-state index is 12.3. The van der Waals surface area contributed by atoms with Gasteiger partial charge in [0, 0.05) is 48.3 Å². The van der Waals surface area contributed by atoms with Crippen molar-refractivity contribution < 1.29 is 14.3 Å². The third kappa shape index (κ3) is 6.15. The number of rotatable bonds is 7. The number of halogens is 1. The first-order valence-corrected chi connectivity index (χ1v) is 10.1. The Morgan fingerprint density at radius 3 is 2.39 bits per heavy atom. The fourth-order valence-electron chi connectivity index (χ4n) is 2.94. The summed E-state index contributed by atoms with van der Waals surface area (Å²) in [6.45, 7) is 5.19. The molecule has 7 heteroatoms. The van der Waals surface area contributed by atoms with E-state index in [9.17, 15) is 9.59 Å². The van der Waals surface area contributed by atoms with E-state index >= 15 is 0 Å². The van der Waals surface area contributed by atoms with Crippen LogP contribution in [0.1, 0.15) is 26.3 Å². The van der Waals surface area contributed by atoms with Crippen molar-refractivity contribution in [1.29, 1.82) is 0 Å². The normalized spacial score (nSPS) is 14.5. The Morgan fingerprint density at radius 2 is 1.68 bits per heavy atom. The van der Waals surface area contributed by atoms with E-state index in [4.69, 9.17) is 4.74 Å². The lowest BCUT2D eigenvalue weighted by Gasteiger charge is -2.26. The summed E-state index contributed by atoms with van der Waals surface area (Å²) < 4.78 is 6.18. The second kappa shape index (κ2) is 10.4. The van der Waals surface area contributed by atoms with Crippen molar-refractivity contribution in [2.24, 2.45) is 0 Å². The highest BCUT2D eigenvalue weighted by Gasteiger charge is 2.11. The van der Waals surface area contributed by atoms with Crippen LogP contribution >= 0.6 is 15.9 Å². The van der Waals surface area contributed by atoms with Crippen molar-refractivity contribution in [2.75, 3.05) is 39.4 Å². The molecule has 1 fully saturated rings. The fraction of sp³-hybridized carbons (Fsp3) is 0.333. The third-order valence-corrected chi connectivity index (χ3v) is 5.07. The van der Waals surface area contributed by atoms with Crippen LogP contribution in [0.2, 0.25) is 0 Å². The highest BCUT2D eigenvalue weighted by atomic mass is 79.9. The Labute approximate surface area is 173 Å². The lowest BCUT2D eigenvalue weighted by Crippen LogP contribution is -2.41. The maximum Gasteiger partial charge on any atom is 0.251 e. The molecule has 0 aromatic heterocycles. The van der Waals surface area contributed by atoms with Gasteiger partial charge < -0.3 is 15.4 Å². The molecule has 2 N–H and O–H groups in total. The second-order valence-electron chi connectivity index (χ2n) is 6.60. The number of nitrogens with zero attached hydrogens (tertiary/aromatic N) is 1. The zero-order valence-electron chi connectivity index (χ0n) is 15.6. The molecule has 0 bridgehead atoms. The second-order valence-corrected chi connectivity index (χ2v) is 7.52. The Balaban J connectivity index is 1.43. The molecule has 0 unspecified atom stereocenters. The number of carbonyl (C=O) groups excluding carboxylic acids is 2. The molecule has 2 aromatic carbocycles. The van der Waals surface area contributed by atoms with Gasteiger partial charge in [-0.1, -0.05) is 34.1 Å². The van der Waals surface area contributed by atoms with Crippen molar-refractivity contribution >= 4 is 27.7 Å². The standard InChI is InChI=1S/C21H24BrN3O3/c22-19-3-1-2-18(14-19)21(27)24-15-16-4-6-17(7-5-16)20(26)23-8-9-25-10-12-28-13-11-25/h1-7,14H,8-13,15H2,(H,23,26)(H,24,27). The first-order chi connectivity index (χ1) is 13.6. The molecule has 6 nitrogen and oxygen atoms in total. The summed E-state index contributed by atoms with van der Waals surface area (Å²) in [6.07, 6.45) is 0. The van der Waals surface area contributed by atoms with Crippen LogP contribution in [0.15, 0.2) is 53.0 Å². The van der Waals surface area contributed by atoms with Gasteiger partial charge in [0.05, 0.1) is 13.2 Å². The van der Waals surface area contributed by atoms with Crippen molar-refractivity contribution in [2.45, 2.75) is 6.54 Å². The molecule has 0 aliphatic carbocycles.